The Hall–Kier alpha value is -0.290. The molecule has 100 valence electrons. The number of hydrogen-bond acceptors (Lipinski definition) is 2. The molecule has 0 aromatic carbocycles. The monoisotopic (exact) mass is 250 g/mol. The van der Waals surface area contributed by atoms with E-state index in [1.54, 1.807) is 0 Å². The molecule has 0 aliphatic carbocycles. The van der Waals surface area contributed by atoms with Gasteiger partial charge in [0.1, 0.15) is 0 Å². The van der Waals surface area contributed by atoms with E-state index in [4.69, 9.17) is 0 Å². The van der Waals surface area contributed by atoms with Crippen LogP contribution in [-0.2, 0) is 0 Å². The number of nitrogens with one attached hydrogen (secondary N) is 1. The first-order valence-electron chi connectivity index (χ1n) is 6.39. The van der Waals surface area contributed by atoms with Crippen molar-refractivity contribution in [2.75, 3.05) is 32.7 Å². The highest BCUT2D eigenvalue weighted by Crippen LogP contribution is 2.35. The molecule has 2 aliphatic heterocycles. The summed E-state index contributed by atoms with van der Waals surface area (Å²) >= 11 is 0. The van der Waals surface area contributed by atoms with Crippen molar-refractivity contribution in [3.63, 3.8) is 0 Å². The van der Waals surface area contributed by atoms with Crippen LogP contribution in [0.3, 0.4) is 0 Å². The molecule has 2 fully saturated rings. The van der Waals surface area contributed by atoms with Gasteiger partial charge in [0.15, 0.2) is 0 Å². The summed E-state index contributed by atoms with van der Waals surface area (Å²) < 4.78 is 37.6. The summed E-state index contributed by atoms with van der Waals surface area (Å²) in [6, 6.07) is 0. The molecule has 0 amide bonds. The van der Waals surface area contributed by atoms with Gasteiger partial charge in [0.25, 0.3) is 0 Å². The largest absolute Gasteiger partial charge is 0.391 e. The van der Waals surface area contributed by atoms with E-state index in [9.17, 15) is 13.2 Å². The summed E-state index contributed by atoms with van der Waals surface area (Å²) in [4.78, 5) is 2.20. The minimum atomic E-state index is -4.00. The highest BCUT2D eigenvalue weighted by molar-refractivity contribution is 4.88. The number of piperidine rings is 1. The van der Waals surface area contributed by atoms with Gasteiger partial charge in [0.2, 0.25) is 0 Å². The summed E-state index contributed by atoms with van der Waals surface area (Å²) in [6.07, 6.45) is -2.32. The fourth-order valence-electron chi connectivity index (χ4n) is 2.96. The zero-order valence-electron chi connectivity index (χ0n) is 10.3. The van der Waals surface area contributed by atoms with Crippen LogP contribution in [0, 0.1) is 11.3 Å². The van der Waals surface area contributed by atoms with Crippen LogP contribution in [0.1, 0.15) is 26.2 Å². The molecule has 1 N–H and O–H groups in total. The standard InChI is InChI=1S/C12H21F3N2/c1-11(4-5-16-8-11)9-17-6-2-10(3-7-17)12(13,14)15/h10,16H,2-9H2,1H3. The molecular weight excluding hydrogens is 229 g/mol. The van der Waals surface area contributed by atoms with E-state index in [2.05, 4.69) is 17.1 Å². The highest BCUT2D eigenvalue weighted by Gasteiger charge is 2.42. The molecule has 1 unspecified atom stereocenters. The first kappa shape index (κ1) is 13.1. The Morgan fingerprint density at radius 1 is 1.29 bits per heavy atom. The smallest absolute Gasteiger partial charge is 0.316 e. The lowest BCUT2D eigenvalue weighted by Gasteiger charge is -2.37. The van der Waals surface area contributed by atoms with Gasteiger partial charge in [-0.25, -0.2) is 0 Å². The Labute approximate surface area is 101 Å². The number of alkyl halides is 3. The van der Waals surface area contributed by atoms with Crippen molar-refractivity contribution in [3.05, 3.63) is 0 Å². The SMILES string of the molecule is CC1(CN2CCC(C(F)(F)F)CC2)CCNC1. The Balaban J connectivity index is 1.79. The second-order valence-electron chi connectivity index (χ2n) is 5.83. The molecule has 17 heavy (non-hydrogen) atoms. The predicted octanol–water partition coefficient (Wildman–Crippen LogP) is 2.26. The Bertz CT molecular complexity index is 251. The number of halogens is 3. The lowest BCUT2D eigenvalue weighted by atomic mass is 9.87. The number of rotatable bonds is 2. The summed E-state index contributed by atoms with van der Waals surface area (Å²) in [5, 5.41) is 3.33. The van der Waals surface area contributed by atoms with Crippen molar-refractivity contribution in [2.45, 2.75) is 32.4 Å². The molecule has 2 saturated heterocycles. The molecular formula is C12H21F3N2. The van der Waals surface area contributed by atoms with E-state index in [0.717, 1.165) is 26.1 Å². The van der Waals surface area contributed by atoms with Gasteiger partial charge < -0.3 is 10.2 Å². The van der Waals surface area contributed by atoms with Crippen molar-refractivity contribution in [1.29, 1.82) is 0 Å². The topological polar surface area (TPSA) is 15.3 Å². The molecule has 0 saturated carbocycles. The van der Waals surface area contributed by atoms with E-state index in [-0.39, 0.29) is 18.3 Å². The second-order valence-corrected chi connectivity index (χ2v) is 5.83. The van der Waals surface area contributed by atoms with Crippen LogP contribution >= 0.6 is 0 Å². The molecule has 2 aliphatic rings. The van der Waals surface area contributed by atoms with Crippen LogP contribution in [0.2, 0.25) is 0 Å². The first-order valence-corrected chi connectivity index (χ1v) is 6.39. The molecule has 0 aromatic rings. The maximum Gasteiger partial charge on any atom is 0.391 e. The molecule has 2 heterocycles. The lowest BCUT2D eigenvalue weighted by Crippen LogP contribution is -2.44. The van der Waals surface area contributed by atoms with Gasteiger partial charge in [-0.1, -0.05) is 6.92 Å². The fraction of sp³-hybridized carbons (Fsp3) is 1.00. The van der Waals surface area contributed by atoms with Gasteiger partial charge in [-0.2, -0.15) is 13.2 Å². The van der Waals surface area contributed by atoms with E-state index in [0.29, 0.717) is 13.1 Å². The summed E-state index contributed by atoms with van der Waals surface area (Å²) in [7, 11) is 0. The fourth-order valence-corrected chi connectivity index (χ4v) is 2.96. The van der Waals surface area contributed by atoms with Crippen LogP contribution in [0.5, 0.6) is 0 Å². The maximum atomic E-state index is 12.5. The average Bonchev–Trinajstić information content (AvgIpc) is 2.64. The minimum absolute atomic E-state index is 0.255. The van der Waals surface area contributed by atoms with Crippen molar-refractivity contribution in [1.82, 2.24) is 10.2 Å². The molecule has 2 nitrogen and oxygen atoms in total. The number of likely N-dealkylation sites (tertiary alicyclic amines) is 1. The third-order valence-corrected chi connectivity index (χ3v) is 4.11. The molecule has 0 spiro atoms. The van der Waals surface area contributed by atoms with Gasteiger partial charge in [0, 0.05) is 13.1 Å². The average molecular weight is 250 g/mol. The Morgan fingerprint density at radius 3 is 2.41 bits per heavy atom. The zero-order valence-corrected chi connectivity index (χ0v) is 10.3. The van der Waals surface area contributed by atoms with E-state index < -0.39 is 12.1 Å². The van der Waals surface area contributed by atoms with E-state index >= 15 is 0 Å². The summed E-state index contributed by atoms with van der Waals surface area (Å²) in [5.74, 6) is -1.08. The van der Waals surface area contributed by atoms with Gasteiger partial charge in [0.05, 0.1) is 5.92 Å². The van der Waals surface area contributed by atoms with Crippen molar-refractivity contribution in [2.24, 2.45) is 11.3 Å². The zero-order chi connectivity index (χ0) is 12.5. The quantitative estimate of drug-likeness (QED) is 0.808. The molecule has 5 heteroatoms. The van der Waals surface area contributed by atoms with Gasteiger partial charge in [-0.05, 0) is 44.3 Å². The molecule has 0 aromatic heterocycles. The van der Waals surface area contributed by atoms with Crippen LogP contribution in [0.4, 0.5) is 13.2 Å². The van der Waals surface area contributed by atoms with E-state index in [1.165, 1.54) is 0 Å². The van der Waals surface area contributed by atoms with Crippen molar-refractivity contribution >= 4 is 0 Å². The lowest BCUT2D eigenvalue weighted by molar-refractivity contribution is -0.185. The van der Waals surface area contributed by atoms with Crippen LogP contribution < -0.4 is 5.32 Å². The van der Waals surface area contributed by atoms with Crippen LogP contribution in [-0.4, -0.2) is 43.8 Å². The normalized spacial score (nSPS) is 33.2. The minimum Gasteiger partial charge on any atom is -0.316 e. The van der Waals surface area contributed by atoms with Crippen LogP contribution in [0.25, 0.3) is 0 Å². The number of nitrogens with zero attached hydrogens (tertiary/aromatic N) is 1. The molecule has 2 rings (SSSR count). The molecule has 0 radical (unpaired) electrons. The van der Waals surface area contributed by atoms with Gasteiger partial charge >= 0.3 is 6.18 Å². The van der Waals surface area contributed by atoms with Gasteiger partial charge in [-0.15, -0.1) is 0 Å². The second kappa shape index (κ2) is 4.76. The first-order chi connectivity index (χ1) is 7.89. The van der Waals surface area contributed by atoms with E-state index in [1.807, 2.05) is 0 Å². The third-order valence-electron chi connectivity index (χ3n) is 4.11. The third kappa shape index (κ3) is 3.35. The predicted molar refractivity (Wildman–Crippen MR) is 60.8 cm³/mol. The maximum absolute atomic E-state index is 12.5. The molecule has 1 atom stereocenters. The Morgan fingerprint density at radius 2 is 1.94 bits per heavy atom. The summed E-state index contributed by atoms with van der Waals surface area (Å²) in [5.41, 5.74) is 0.255. The summed E-state index contributed by atoms with van der Waals surface area (Å²) in [6.45, 7) is 6.38. The van der Waals surface area contributed by atoms with Gasteiger partial charge in [-0.3, -0.25) is 0 Å². The Kier molecular flexibility index (Phi) is 3.69. The van der Waals surface area contributed by atoms with Crippen molar-refractivity contribution in [3.8, 4) is 0 Å². The van der Waals surface area contributed by atoms with Crippen molar-refractivity contribution < 1.29 is 13.2 Å². The number of hydrogen-bond donors (Lipinski definition) is 1. The van der Waals surface area contributed by atoms with Crippen LogP contribution in [0.15, 0.2) is 0 Å². The molecule has 0 bridgehead atoms. The highest BCUT2D eigenvalue weighted by atomic mass is 19.4.